The first-order valence-corrected chi connectivity index (χ1v) is 6.73. The molecule has 0 atom stereocenters. The first-order chi connectivity index (χ1) is 9.83. The molecule has 0 radical (unpaired) electrons. The average molecular weight is 265 g/mol. The summed E-state index contributed by atoms with van der Waals surface area (Å²) in [4.78, 5) is 6.73. The average Bonchev–Trinajstić information content (AvgIpc) is 3.04. The molecule has 5 nitrogen and oxygen atoms in total. The van der Waals surface area contributed by atoms with E-state index in [-0.39, 0.29) is 0 Å². The number of nitrogens with zero attached hydrogens (tertiary/aromatic N) is 3. The summed E-state index contributed by atoms with van der Waals surface area (Å²) in [7, 11) is 0. The van der Waals surface area contributed by atoms with Crippen molar-refractivity contribution in [2.24, 2.45) is 0 Å². The highest BCUT2D eigenvalue weighted by Crippen LogP contribution is 2.37. The minimum absolute atomic E-state index is 0.601. The Balaban J connectivity index is 1.80. The van der Waals surface area contributed by atoms with Gasteiger partial charge >= 0.3 is 0 Å². The third-order valence-corrected chi connectivity index (χ3v) is 3.84. The zero-order valence-corrected chi connectivity index (χ0v) is 11.0. The number of nitrogen functional groups attached to an aromatic ring is 1. The highest BCUT2D eigenvalue weighted by Gasteiger charge is 2.24. The van der Waals surface area contributed by atoms with Crippen molar-refractivity contribution in [3.63, 3.8) is 0 Å². The number of hydrogen-bond acceptors (Lipinski definition) is 4. The number of fused-ring (bicyclic) bond motifs is 3. The lowest BCUT2D eigenvalue weighted by Gasteiger charge is -2.20. The Bertz CT molecular complexity index is 763. The van der Waals surface area contributed by atoms with E-state index >= 15 is 0 Å². The Labute approximate surface area is 116 Å². The number of aromatic amines is 1. The molecule has 0 unspecified atom stereocenters. The van der Waals surface area contributed by atoms with Gasteiger partial charge in [0.25, 0.3) is 0 Å². The molecule has 100 valence electrons. The molecule has 1 aromatic carbocycles. The van der Waals surface area contributed by atoms with E-state index in [9.17, 15) is 0 Å². The van der Waals surface area contributed by atoms with Crippen LogP contribution < -0.4 is 10.6 Å². The van der Waals surface area contributed by atoms with Gasteiger partial charge in [0.2, 0.25) is 0 Å². The minimum atomic E-state index is 0.601. The molecule has 4 rings (SSSR count). The van der Waals surface area contributed by atoms with Crippen LogP contribution in [0.2, 0.25) is 0 Å². The normalized spacial score (nSPS) is 13.9. The number of H-pyrrole nitrogens is 1. The van der Waals surface area contributed by atoms with Gasteiger partial charge in [0.05, 0.1) is 11.1 Å². The van der Waals surface area contributed by atoms with Crippen LogP contribution in [0.25, 0.3) is 11.0 Å². The van der Waals surface area contributed by atoms with Crippen LogP contribution in [-0.4, -0.2) is 21.7 Å². The van der Waals surface area contributed by atoms with E-state index < -0.39 is 0 Å². The molecular formula is C15H15N5. The highest BCUT2D eigenvalue weighted by molar-refractivity contribution is 5.99. The van der Waals surface area contributed by atoms with E-state index in [1.54, 1.807) is 0 Å². The van der Waals surface area contributed by atoms with Crippen LogP contribution in [0.3, 0.4) is 0 Å². The summed E-state index contributed by atoms with van der Waals surface area (Å²) in [5.41, 5.74) is 10.5. The van der Waals surface area contributed by atoms with Crippen LogP contribution in [0.4, 0.5) is 11.5 Å². The first kappa shape index (κ1) is 11.3. The molecule has 5 heteroatoms. The number of hydrogen-bond donors (Lipinski definition) is 2. The number of pyridine rings is 1. The summed E-state index contributed by atoms with van der Waals surface area (Å²) in [5.74, 6) is 0.601. The van der Waals surface area contributed by atoms with Gasteiger partial charge in [-0.15, -0.1) is 0 Å². The lowest BCUT2D eigenvalue weighted by atomic mass is 10.1. The number of rotatable bonds is 2. The summed E-state index contributed by atoms with van der Waals surface area (Å²) in [6.07, 6.45) is 2.93. The summed E-state index contributed by atoms with van der Waals surface area (Å²) in [5, 5.41) is 7.93. The molecular weight excluding hydrogens is 250 g/mol. The van der Waals surface area contributed by atoms with Gasteiger partial charge in [-0.1, -0.05) is 30.3 Å². The molecule has 0 saturated carbocycles. The fourth-order valence-corrected chi connectivity index (χ4v) is 2.91. The molecule has 3 aromatic rings. The molecule has 0 bridgehead atoms. The van der Waals surface area contributed by atoms with Gasteiger partial charge in [-0.2, -0.15) is 5.10 Å². The highest BCUT2D eigenvalue weighted by atomic mass is 15.2. The molecule has 3 heterocycles. The van der Waals surface area contributed by atoms with E-state index in [4.69, 9.17) is 5.73 Å². The fraction of sp³-hybridized carbons (Fsp3) is 0.200. The molecule has 20 heavy (non-hydrogen) atoms. The van der Waals surface area contributed by atoms with Crippen molar-refractivity contribution in [3.05, 3.63) is 47.7 Å². The van der Waals surface area contributed by atoms with Crippen LogP contribution in [0.15, 0.2) is 36.5 Å². The van der Waals surface area contributed by atoms with Crippen molar-refractivity contribution < 1.29 is 0 Å². The molecule has 1 aliphatic rings. The Hall–Kier alpha value is -2.56. The Morgan fingerprint density at radius 1 is 1.25 bits per heavy atom. The van der Waals surface area contributed by atoms with Crippen LogP contribution in [0.1, 0.15) is 11.1 Å². The van der Waals surface area contributed by atoms with Crippen molar-refractivity contribution in [2.75, 3.05) is 17.2 Å². The van der Waals surface area contributed by atoms with Gasteiger partial charge in [0, 0.05) is 19.3 Å². The van der Waals surface area contributed by atoms with E-state index in [2.05, 4.69) is 44.3 Å². The van der Waals surface area contributed by atoms with Gasteiger partial charge in [0.15, 0.2) is 5.65 Å². The molecule has 3 N–H and O–H groups in total. The molecule has 0 saturated heterocycles. The van der Waals surface area contributed by atoms with Crippen LogP contribution in [0.5, 0.6) is 0 Å². The van der Waals surface area contributed by atoms with Gasteiger partial charge in [-0.25, -0.2) is 4.98 Å². The maximum Gasteiger partial charge on any atom is 0.185 e. The van der Waals surface area contributed by atoms with Crippen LogP contribution >= 0.6 is 0 Å². The Kier molecular flexibility index (Phi) is 2.39. The molecule has 0 aliphatic carbocycles. The van der Waals surface area contributed by atoms with Crippen LogP contribution in [0, 0.1) is 0 Å². The summed E-state index contributed by atoms with van der Waals surface area (Å²) in [6.45, 7) is 1.88. The largest absolute Gasteiger partial charge is 0.383 e. The number of anilines is 2. The number of aromatic nitrogens is 3. The maximum atomic E-state index is 6.02. The molecule has 0 fully saturated rings. The van der Waals surface area contributed by atoms with Crippen LogP contribution in [-0.2, 0) is 13.0 Å². The van der Waals surface area contributed by atoms with Crippen molar-refractivity contribution >= 4 is 22.5 Å². The standard InChI is InChI=1S/C15H15N5/c16-14-12-13-11(8-17-15(12)19-18-14)6-7-20(13)9-10-4-2-1-3-5-10/h1-5,8H,6-7,9H2,(H3,16,17,18,19). The topological polar surface area (TPSA) is 70.8 Å². The van der Waals surface area contributed by atoms with E-state index in [1.807, 2.05) is 12.3 Å². The quantitative estimate of drug-likeness (QED) is 0.744. The molecule has 0 amide bonds. The number of benzene rings is 1. The van der Waals surface area contributed by atoms with Gasteiger partial charge in [-0.3, -0.25) is 5.10 Å². The molecule has 0 spiro atoms. The second-order valence-corrected chi connectivity index (χ2v) is 5.13. The zero-order chi connectivity index (χ0) is 13.5. The summed E-state index contributed by atoms with van der Waals surface area (Å²) >= 11 is 0. The van der Waals surface area contributed by atoms with Crippen molar-refractivity contribution in [1.29, 1.82) is 0 Å². The third-order valence-electron chi connectivity index (χ3n) is 3.84. The summed E-state index contributed by atoms with van der Waals surface area (Å²) < 4.78 is 0. The number of nitrogens with one attached hydrogen (secondary N) is 1. The minimum Gasteiger partial charge on any atom is -0.383 e. The predicted octanol–water partition coefficient (Wildman–Crippen LogP) is 2.10. The Morgan fingerprint density at radius 2 is 2.10 bits per heavy atom. The van der Waals surface area contributed by atoms with Gasteiger partial charge < -0.3 is 10.6 Å². The van der Waals surface area contributed by atoms with Crippen molar-refractivity contribution in [1.82, 2.24) is 15.2 Å². The zero-order valence-electron chi connectivity index (χ0n) is 11.0. The number of nitrogens with two attached hydrogens (primary N) is 1. The maximum absolute atomic E-state index is 6.02. The Morgan fingerprint density at radius 3 is 2.95 bits per heavy atom. The molecule has 1 aliphatic heterocycles. The monoisotopic (exact) mass is 265 g/mol. The van der Waals surface area contributed by atoms with E-state index in [0.717, 1.165) is 24.9 Å². The SMILES string of the molecule is Nc1[nH]nc2ncc3c(c12)N(Cc1ccccc1)CC3. The van der Waals surface area contributed by atoms with E-state index in [0.29, 0.717) is 11.5 Å². The smallest absolute Gasteiger partial charge is 0.185 e. The first-order valence-electron chi connectivity index (χ1n) is 6.73. The lowest BCUT2D eigenvalue weighted by molar-refractivity contribution is 0.838. The summed E-state index contributed by atoms with van der Waals surface area (Å²) in [6, 6.07) is 10.5. The molecule has 2 aromatic heterocycles. The third kappa shape index (κ3) is 1.63. The second-order valence-electron chi connectivity index (χ2n) is 5.13. The second kappa shape index (κ2) is 4.23. The van der Waals surface area contributed by atoms with E-state index in [1.165, 1.54) is 16.8 Å². The van der Waals surface area contributed by atoms with Crippen molar-refractivity contribution in [2.45, 2.75) is 13.0 Å². The predicted molar refractivity (Wildman–Crippen MR) is 79.5 cm³/mol. The van der Waals surface area contributed by atoms with Gasteiger partial charge in [-0.05, 0) is 17.5 Å². The van der Waals surface area contributed by atoms with Gasteiger partial charge in [0.1, 0.15) is 5.82 Å². The lowest BCUT2D eigenvalue weighted by Crippen LogP contribution is -2.19. The van der Waals surface area contributed by atoms with Crippen molar-refractivity contribution in [3.8, 4) is 0 Å². The fourth-order valence-electron chi connectivity index (χ4n) is 2.91.